The molecule has 1 unspecified atom stereocenters. The Bertz CT molecular complexity index is 1200. The van der Waals surface area contributed by atoms with Crippen molar-refractivity contribution in [2.24, 2.45) is 0 Å². The van der Waals surface area contributed by atoms with Crippen molar-refractivity contribution >= 4 is 28.2 Å². The van der Waals surface area contributed by atoms with Gasteiger partial charge in [-0.2, -0.15) is 0 Å². The maximum atomic E-state index is 14.5. The normalized spacial score (nSPS) is 12.1. The number of aliphatic hydroxyl groups excluding tert-OH is 1. The molecule has 1 atom stereocenters. The average molecular weight is 426 g/mol. The van der Waals surface area contributed by atoms with Crippen molar-refractivity contribution in [2.45, 2.75) is 13.0 Å². The van der Waals surface area contributed by atoms with Gasteiger partial charge in [0.25, 0.3) is 0 Å². The summed E-state index contributed by atoms with van der Waals surface area (Å²) in [7, 11) is 1.40. The minimum atomic E-state index is -1.17. The van der Waals surface area contributed by atoms with E-state index in [1.165, 1.54) is 18.6 Å². The lowest BCUT2D eigenvalue weighted by atomic mass is 10.0. The van der Waals surface area contributed by atoms with Crippen LogP contribution >= 0.6 is 11.3 Å². The number of H-pyrrole nitrogens is 1. The molecule has 6 nitrogen and oxygen atoms in total. The quantitative estimate of drug-likeness (QED) is 0.437. The number of nitrogens with one attached hydrogen (secondary N) is 1. The van der Waals surface area contributed by atoms with E-state index in [1.807, 2.05) is 30.3 Å². The SMILES string of the molecule is CCOC(=O)c1csc(C(O)c2c(-c3ccccc3)[nH]c3cc(OC)c(F)cc23)n1. The van der Waals surface area contributed by atoms with E-state index < -0.39 is 17.9 Å². The highest BCUT2D eigenvalue weighted by Gasteiger charge is 2.26. The molecule has 4 aromatic rings. The first-order chi connectivity index (χ1) is 14.5. The molecule has 2 aromatic carbocycles. The number of thiazole rings is 1. The molecule has 154 valence electrons. The smallest absolute Gasteiger partial charge is 0.357 e. The average Bonchev–Trinajstić information content (AvgIpc) is 3.39. The van der Waals surface area contributed by atoms with E-state index >= 15 is 0 Å². The number of ether oxygens (including phenoxy) is 2. The number of hydrogen-bond acceptors (Lipinski definition) is 6. The van der Waals surface area contributed by atoms with Crippen LogP contribution in [0.1, 0.15) is 34.1 Å². The molecule has 0 saturated heterocycles. The monoisotopic (exact) mass is 426 g/mol. The molecule has 2 aromatic heterocycles. The Morgan fingerprint density at radius 2 is 2.07 bits per heavy atom. The number of halogens is 1. The van der Waals surface area contributed by atoms with Crippen molar-refractivity contribution in [1.82, 2.24) is 9.97 Å². The molecule has 0 aliphatic carbocycles. The van der Waals surface area contributed by atoms with Crippen molar-refractivity contribution in [3.63, 3.8) is 0 Å². The van der Waals surface area contributed by atoms with Gasteiger partial charge in [-0.3, -0.25) is 0 Å². The Balaban J connectivity index is 1.88. The fraction of sp³-hybridized carbons (Fsp3) is 0.182. The van der Waals surface area contributed by atoms with Crippen LogP contribution in [0, 0.1) is 5.82 Å². The second kappa shape index (κ2) is 8.25. The largest absolute Gasteiger partial charge is 0.494 e. The highest BCUT2D eigenvalue weighted by Crippen LogP contribution is 2.40. The predicted octanol–water partition coefficient (Wildman–Crippen LogP) is 4.70. The van der Waals surface area contributed by atoms with Crippen LogP contribution in [0.25, 0.3) is 22.2 Å². The van der Waals surface area contributed by atoms with Gasteiger partial charge in [-0.25, -0.2) is 14.2 Å². The summed E-state index contributed by atoms with van der Waals surface area (Å²) in [6.07, 6.45) is -1.17. The first-order valence-electron chi connectivity index (χ1n) is 9.28. The Hall–Kier alpha value is -3.23. The molecule has 0 amide bonds. The number of methoxy groups -OCH3 is 1. The highest BCUT2D eigenvalue weighted by molar-refractivity contribution is 7.09. The molecule has 0 spiro atoms. The third-order valence-electron chi connectivity index (χ3n) is 4.69. The number of aromatic nitrogens is 2. The van der Waals surface area contributed by atoms with E-state index in [-0.39, 0.29) is 18.1 Å². The number of aliphatic hydroxyl groups is 1. The van der Waals surface area contributed by atoms with Gasteiger partial charge in [0.15, 0.2) is 17.3 Å². The molecule has 0 radical (unpaired) electrons. The van der Waals surface area contributed by atoms with Gasteiger partial charge in [0.1, 0.15) is 11.1 Å². The van der Waals surface area contributed by atoms with Gasteiger partial charge in [0.05, 0.1) is 24.9 Å². The first-order valence-corrected chi connectivity index (χ1v) is 10.2. The van der Waals surface area contributed by atoms with Crippen LogP contribution in [0.15, 0.2) is 47.8 Å². The zero-order chi connectivity index (χ0) is 21.3. The lowest BCUT2D eigenvalue weighted by molar-refractivity contribution is 0.0520. The molecular formula is C22H19FN2O4S. The fourth-order valence-electron chi connectivity index (χ4n) is 3.32. The number of carbonyl (C=O) groups is 1. The first kappa shape index (κ1) is 20.1. The van der Waals surface area contributed by atoms with E-state index in [2.05, 4.69) is 9.97 Å². The summed E-state index contributed by atoms with van der Waals surface area (Å²) in [5.41, 5.74) is 2.68. The molecule has 4 rings (SSSR count). The van der Waals surface area contributed by atoms with Crippen LogP contribution in [-0.4, -0.2) is 34.8 Å². The summed E-state index contributed by atoms with van der Waals surface area (Å²) in [5.74, 6) is -0.989. The zero-order valence-corrected chi connectivity index (χ0v) is 17.1. The third kappa shape index (κ3) is 3.55. The molecule has 0 aliphatic rings. The van der Waals surface area contributed by atoms with Crippen molar-refractivity contribution in [2.75, 3.05) is 13.7 Å². The van der Waals surface area contributed by atoms with Gasteiger partial charge >= 0.3 is 5.97 Å². The Labute approximate surface area is 175 Å². The fourth-order valence-corrected chi connectivity index (χ4v) is 4.10. The standard InChI is InChI=1S/C22H19FN2O4S/c1-3-29-22(27)16-11-30-21(25-16)20(26)18-13-9-14(23)17(28-2)10-15(13)24-19(18)12-7-5-4-6-8-12/h4-11,20,24,26H,3H2,1-2H3. The molecule has 2 N–H and O–H groups in total. The van der Waals surface area contributed by atoms with E-state index in [0.29, 0.717) is 27.2 Å². The molecule has 0 saturated carbocycles. The van der Waals surface area contributed by atoms with Crippen LogP contribution in [-0.2, 0) is 4.74 Å². The van der Waals surface area contributed by atoms with Gasteiger partial charge in [0.2, 0.25) is 0 Å². The Morgan fingerprint density at radius 3 is 2.77 bits per heavy atom. The summed E-state index contributed by atoms with van der Waals surface area (Å²) in [4.78, 5) is 19.5. The second-order valence-corrected chi connectivity index (χ2v) is 7.40. The summed E-state index contributed by atoms with van der Waals surface area (Å²) >= 11 is 1.14. The predicted molar refractivity (Wildman–Crippen MR) is 112 cm³/mol. The summed E-state index contributed by atoms with van der Waals surface area (Å²) < 4.78 is 24.5. The Kier molecular flexibility index (Phi) is 5.52. The third-order valence-corrected chi connectivity index (χ3v) is 5.58. The Morgan fingerprint density at radius 1 is 1.30 bits per heavy atom. The summed E-state index contributed by atoms with van der Waals surface area (Å²) in [6, 6.07) is 12.3. The van der Waals surface area contributed by atoms with Crippen molar-refractivity contribution in [3.8, 4) is 17.0 Å². The molecule has 2 heterocycles. The van der Waals surface area contributed by atoms with Crippen molar-refractivity contribution < 1.29 is 23.8 Å². The van der Waals surface area contributed by atoms with Crippen molar-refractivity contribution in [1.29, 1.82) is 0 Å². The molecule has 30 heavy (non-hydrogen) atoms. The molecule has 0 fully saturated rings. The number of esters is 1. The van der Waals surface area contributed by atoms with E-state index in [9.17, 15) is 14.3 Å². The topological polar surface area (TPSA) is 84.4 Å². The van der Waals surface area contributed by atoms with Crippen LogP contribution in [0.3, 0.4) is 0 Å². The minimum Gasteiger partial charge on any atom is -0.494 e. The number of nitrogens with zero attached hydrogens (tertiary/aromatic N) is 1. The van der Waals surface area contributed by atoms with E-state index in [1.54, 1.807) is 13.0 Å². The number of carbonyl (C=O) groups excluding carboxylic acids is 1. The number of rotatable bonds is 6. The lowest BCUT2D eigenvalue weighted by Gasteiger charge is -2.11. The van der Waals surface area contributed by atoms with Crippen LogP contribution in [0.4, 0.5) is 4.39 Å². The minimum absolute atomic E-state index is 0.100. The maximum Gasteiger partial charge on any atom is 0.357 e. The molecular weight excluding hydrogens is 407 g/mol. The van der Waals surface area contributed by atoms with Gasteiger partial charge < -0.3 is 19.6 Å². The molecule has 0 aliphatic heterocycles. The van der Waals surface area contributed by atoms with E-state index in [0.717, 1.165) is 16.9 Å². The van der Waals surface area contributed by atoms with Crippen molar-refractivity contribution in [3.05, 3.63) is 69.9 Å². The van der Waals surface area contributed by atoms with E-state index in [4.69, 9.17) is 9.47 Å². The van der Waals surface area contributed by atoms with Gasteiger partial charge in [-0.05, 0) is 18.6 Å². The van der Waals surface area contributed by atoms with Gasteiger partial charge in [-0.15, -0.1) is 11.3 Å². The number of hydrogen-bond donors (Lipinski definition) is 2. The maximum absolute atomic E-state index is 14.5. The second-order valence-electron chi connectivity index (χ2n) is 6.51. The van der Waals surface area contributed by atoms with Gasteiger partial charge in [0, 0.05) is 22.4 Å². The number of benzene rings is 2. The number of aromatic amines is 1. The van der Waals surface area contributed by atoms with Crippen LogP contribution in [0.5, 0.6) is 5.75 Å². The zero-order valence-electron chi connectivity index (χ0n) is 16.3. The molecule has 8 heteroatoms. The number of fused-ring (bicyclic) bond motifs is 1. The molecule has 0 bridgehead atoms. The summed E-state index contributed by atoms with van der Waals surface area (Å²) in [6.45, 7) is 1.94. The van der Waals surface area contributed by atoms with Gasteiger partial charge in [-0.1, -0.05) is 30.3 Å². The van der Waals surface area contributed by atoms with Crippen LogP contribution < -0.4 is 4.74 Å². The van der Waals surface area contributed by atoms with Crippen LogP contribution in [0.2, 0.25) is 0 Å². The highest BCUT2D eigenvalue weighted by atomic mass is 32.1. The lowest BCUT2D eigenvalue weighted by Crippen LogP contribution is -2.06. The summed E-state index contributed by atoms with van der Waals surface area (Å²) in [5, 5.41) is 13.5.